The Morgan fingerprint density at radius 1 is 1.47 bits per heavy atom. The molecular weight excluding hydrogens is 255 g/mol. The first-order chi connectivity index (χ1) is 8.93. The molecule has 1 aromatic heterocycles. The molecule has 0 radical (unpaired) electrons. The Balaban J connectivity index is 2.30. The van der Waals surface area contributed by atoms with Gasteiger partial charge in [0.25, 0.3) is 0 Å². The van der Waals surface area contributed by atoms with Gasteiger partial charge < -0.3 is 10.6 Å². The molecule has 1 saturated heterocycles. The molecule has 0 aliphatic carbocycles. The molecule has 2 rings (SSSR count). The summed E-state index contributed by atoms with van der Waals surface area (Å²) in [5, 5.41) is 0. The van der Waals surface area contributed by atoms with Gasteiger partial charge in [0.15, 0.2) is 0 Å². The predicted octanol–water partition coefficient (Wildman–Crippen LogP) is 2.66. The van der Waals surface area contributed by atoms with E-state index < -0.39 is 11.7 Å². The molecule has 0 amide bonds. The van der Waals surface area contributed by atoms with E-state index in [0.717, 1.165) is 25.0 Å². The summed E-state index contributed by atoms with van der Waals surface area (Å²) in [4.78, 5) is 5.99. The Morgan fingerprint density at radius 3 is 2.84 bits per heavy atom. The summed E-state index contributed by atoms with van der Waals surface area (Å²) in [6.07, 6.45) is -1.12. The van der Waals surface area contributed by atoms with Crippen LogP contribution in [0.4, 0.5) is 19.0 Å². The van der Waals surface area contributed by atoms with Crippen molar-refractivity contribution in [2.24, 2.45) is 11.7 Å². The van der Waals surface area contributed by atoms with E-state index in [4.69, 9.17) is 5.73 Å². The molecule has 0 saturated carbocycles. The van der Waals surface area contributed by atoms with E-state index >= 15 is 0 Å². The summed E-state index contributed by atoms with van der Waals surface area (Å²) < 4.78 is 38.2. The maximum absolute atomic E-state index is 12.7. The zero-order valence-electron chi connectivity index (χ0n) is 10.8. The van der Waals surface area contributed by atoms with Crippen molar-refractivity contribution in [2.75, 3.05) is 18.0 Å². The van der Waals surface area contributed by atoms with E-state index in [1.54, 1.807) is 0 Å². The molecule has 1 fully saturated rings. The number of hydrogen-bond acceptors (Lipinski definition) is 3. The lowest BCUT2D eigenvalue weighted by atomic mass is 9.91. The van der Waals surface area contributed by atoms with E-state index in [1.807, 2.05) is 4.90 Å². The Labute approximate surface area is 110 Å². The molecule has 2 N–H and O–H groups in total. The van der Waals surface area contributed by atoms with Gasteiger partial charge in [-0.15, -0.1) is 0 Å². The number of anilines is 1. The fraction of sp³-hybridized carbons (Fsp3) is 0.615. The van der Waals surface area contributed by atoms with Gasteiger partial charge in [-0.25, -0.2) is 4.98 Å². The van der Waals surface area contributed by atoms with Crippen LogP contribution in [0.5, 0.6) is 0 Å². The Bertz CT molecular complexity index is 433. The highest BCUT2D eigenvalue weighted by molar-refractivity contribution is 5.43. The number of aromatic nitrogens is 1. The molecular formula is C13H18F3N3. The molecule has 0 bridgehead atoms. The molecule has 2 heterocycles. The highest BCUT2D eigenvalue weighted by atomic mass is 19.4. The molecule has 2 unspecified atom stereocenters. The van der Waals surface area contributed by atoms with Crippen LogP contribution in [-0.4, -0.2) is 24.1 Å². The van der Waals surface area contributed by atoms with Crippen molar-refractivity contribution in [3.8, 4) is 0 Å². The van der Waals surface area contributed by atoms with E-state index in [-0.39, 0.29) is 6.04 Å². The van der Waals surface area contributed by atoms with Crippen LogP contribution in [-0.2, 0) is 6.18 Å². The first kappa shape index (κ1) is 14.1. The normalized spacial score (nSPS) is 24.6. The SMILES string of the molecule is CC1CCCN(c2cc(C(F)(F)F)ccn2)C1CN. The molecule has 19 heavy (non-hydrogen) atoms. The van der Waals surface area contributed by atoms with Crippen molar-refractivity contribution in [1.82, 2.24) is 4.98 Å². The van der Waals surface area contributed by atoms with Crippen LogP contribution in [0.25, 0.3) is 0 Å². The minimum absolute atomic E-state index is 0.0599. The second-order valence-electron chi connectivity index (χ2n) is 5.02. The fourth-order valence-corrected chi connectivity index (χ4v) is 2.64. The molecule has 1 aromatic rings. The first-order valence-electron chi connectivity index (χ1n) is 6.43. The van der Waals surface area contributed by atoms with Gasteiger partial charge >= 0.3 is 6.18 Å². The van der Waals surface area contributed by atoms with Gasteiger partial charge in [-0.2, -0.15) is 13.2 Å². The van der Waals surface area contributed by atoms with Gasteiger partial charge in [0.05, 0.1) is 5.56 Å². The van der Waals surface area contributed by atoms with Crippen molar-refractivity contribution in [3.63, 3.8) is 0 Å². The van der Waals surface area contributed by atoms with Crippen LogP contribution in [0, 0.1) is 5.92 Å². The van der Waals surface area contributed by atoms with Crippen LogP contribution >= 0.6 is 0 Å². The van der Waals surface area contributed by atoms with Gasteiger partial charge in [0.2, 0.25) is 0 Å². The van der Waals surface area contributed by atoms with Crippen LogP contribution in [0.3, 0.4) is 0 Å². The lowest BCUT2D eigenvalue weighted by Crippen LogP contribution is -2.49. The zero-order valence-corrected chi connectivity index (χ0v) is 10.8. The second-order valence-corrected chi connectivity index (χ2v) is 5.02. The average molecular weight is 273 g/mol. The Hall–Kier alpha value is -1.30. The van der Waals surface area contributed by atoms with Crippen LogP contribution < -0.4 is 10.6 Å². The van der Waals surface area contributed by atoms with Crippen molar-refractivity contribution in [3.05, 3.63) is 23.9 Å². The molecule has 1 aliphatic heterocycles. The summed E-state index contributed by atoms with van der Waals surface area (Å²) >= 11 is 0. The van der Waals surface area contributed by atoms with Gasteiger partial charge in [0.1, 0.15) is 5.82 Å². The number of alkyl halides is 3. The standard InChI is InChI=1S/C13H18F3N3/c1-9-3-2-6-19(11(9)8-17)12-7-10(4-5-18-12)13(14,15)16/h4-5,7,9,11H,2-3,6,8,17H2,1H3. The Kier molecular flexibility index (Phi) is 3.99. The van der Waals surface area contributed by atoms with Crippen molar-refractivity contribution in [2.45, 2.75) is 32.0 Å². The minimum Gasteiger partial charge on any atom is -0.352 e. The predicted molar refractivity (Wildman–Crippen MR) is 67.8 cm³/mol. The van der Waals surface area contributed by atoms with Crippen LogP contribution in [0.2, 0.25) is 0 Å². The van der Waals surface area contributed by atoms with Gasteiger partial charge in [-0.05, 0) is 30.9 Å². The summed E-state index contributed by atoms with van der Waals surface area (Å²) in [6.45, 7) is 3.22. The smallest absolute Gasteiger partial charge is 0.352 e. The molecule has 2 atom stereocenters. The number of nitrogens with zero attached hydrogens (tertiary/aromatic N) is 2. The average Bonchev–Trinajstić information content (AvgIpc) is 2.37. The minimum atomic E-state index is -4.34. The van der Waals surface area contributed by atoms with E-state index in [9.17, 15) is 13.2 Å². The quantitative estimate of drug-likeness (QED) is 0.900. The Morgan fingerprint density at radius 2 is 2.21 bits per heavy atom. The molecule has 106 valence electrons. The highest BCUT2D eigenvalue weighted by Gasteiger charge is 2.33. The fourth-order valence-electron chi connectivity index (χ4n) is 2.64. The van der Waals surface area contributed by atoms with Crippen molar-refractivity contribution in [1.29, 1.82) is 0 Å². The zero-order chi connectivity index (χ0) is 14.0. The number of pyridine rings is 1. The monoisotopic (exact) mass is 273 g/mol. The second kappa shape index (κ2) is 5.36. The number of halogens is 3. The third-order valence-electron chi connectivity index (χ3n) is 3.72. The highest BCUT2D eigenvalue weighted by Crippen LogP contribution is 2.33. The largest absolute Gasteiger partial charge is 0.416 e. The molecule has 0 spiro atoms. The summed E-state index contributed by atoms with van der Waals surface area (Å²) in [6, 6.07) is 2.17. The molecule has 6 heteroatoms. The number of hydrogen-bond donors (Lipinski definition) is 1. The maximum atomic E-state index is 12.7. The van der Waals surface area contributed by atoms with Crippen LogP contribution in [0.15, 0.2) is 18.3 Å². The van der Waals surface area contributed by atoms with Gasteiger partial charge in [-0.3, -0.25) is 0 Å². The van der Waals surface area contributed by atoms with E-state index in [1.165, 1.54) is 6.20 Å². The maximum Gasteiger partial charge on any atom is 0.416 e. The lowest BCUT2D eigenvalue weighted by molar-refractivity contribution is -0.137. The van der Waals surface area contributed by atoms with Crippen LogP contribution in [0.1, 0.15) is 25.3 Å². The first-order valence-corrected chi connectivity index (χ1v) is 6.43. The van der Waals surface area contributed by atoms with Gasteiger partial charge in [-0.1, -0.05) is 6.92 Å². The van der Waals surface area contributed by atoms with E-state index in [2.05, 4.69) is 11.9 Å². The molecule has 1 aliphatic rings. The number of piperidine rings is 1. The number of rotatable bonds is 2. The summed E-state index contributed by atoms with van der Waals surface area (Å²) in [5.74, 6) is 0.743. The summed E-state index contributed by atoms with van der Waals surface area (Å²) in [5.41, 5.74) is 5.09. The summed E-state index contributed by atoms with van der Waals surface area (Å²) in [7, 11) is 0. The third-order valence-corrected chi connectivity index (χ3v) is 3.72. The number of nitrogens with two attached hydrogens (primary N) is 1. The van der Waals surface area contributed by atoms with Crippen molar-refractivity contribution < 1.29 is 13.2 Å². The van der Waals surface area contributed by atoms with Crippen molar-refractivity contribution >= 4 is 5.82 Å². The molecule has 3 nitrogen and oxygen atoms in total. The molecule has 0 aromatic carbocycles. The lowest BCUT2D eigenvalue weighted by Gasteiger charge is -2.40. The topological polar surface area (TPSA) is 42.2 Å². The van der Waals surface area contributed by atoms with E-state index in [0.29, 0.717) is 24.8 Å². The third kappa shape index (κ3) is 3.00. The van der Waals surface area contributed by atoms with Gasteiger partial charge in [0, 0.05) is 25.3 Å².